The van der Waals surface area contributed by atoms with Crippen LogP contribution in [0.25, 0.3) is 0 Å². The van der Waals surface area contributed by atoms with Crippen molar-refractivity contribution in [3.63, 3.8) is 0 Å². The highest BCUT2D eigenvalue weighted by Crippen LogP contribution is 2.06. The molecule has 1 amide bonds. The van der Waals surface area contributed by atoms with Gasteiger partial charge < -0.3 is 15.2 Å². The summed E-state index contributed by atoms with van der Waals surface area (Å²) >= 11 is 0. The topological polar surface area (TPSA) is 46.1 Å². The van der Waals surface area contributed by atoms with Crippen molar-refractivity contribution in [1.29, 1.82) is 0 Å². The van der Waals surface area contributed by atoms with Crippen molar-refractivity contribution >= 4 is 5.91 Å². The van der Waals surface area contributed by atoms with Crippen LogP contribution in [-0.2, 0) is 6.54 Å². The fraction of sp³-hybridized carbons (Fsp3) is 0.615. The third-order valence-electron chi connectivity index (χ3n) is 3.20. The van der Waals surface area contributed by atoms with Crippen molar-refractivity contribution in [2.24, 2.45) is 0 Å². The highest BCUT2D eigenvalue weighted by Gasteiger charge is 2.16. The van der Waals surface area contributed by atoms with E-state index in [0.29, 0.717) is 6.04 Å². The predicted molar refractivity (Wildman–Crippen MR) is 68.1 cm³/mol. The quantitative estimate of drug-likeness (QED) is 0.810. The lowest BCUT2D eigenvalue weighted by atomic mass is 10.2. The zero-order chi connectivity index (χ0) is 12.1. The van der Waals surface area contributed by atoms with E-state index >= 15 is 0 Å². The molecule has 4 nitrogen and oxygen atoms in total. The van der Waals surface area contributed by atoms with Gasteiger partial charge in [0, 0.05) is 25.3 Å². The second-order valence-electron chi connectivity index (χ2n) is 4.59. The lowest BCUT2D eigenvalue weighted by molar-refractivity contribution is 0.0941. The molecule has 2 rings (SSSR count). The molecule has 0 bridgehead atoms. The summed E-state index contributed by atoms with van der Waals surface area (Å²) in [6.45, 7) is 4.82. The van der Waals surface area contributed by atoms with Gasteiger partial charge in [0.15, 0.2) is 0 Å². The number of rotatable bonds is 5. The highest BCUT2D eigenvalue weighted by molar-refractivity contribution is 5.92. The molecule has 94 valence electrons. The van der Waals surface area contributed by atoms with Gasteiger partial charge in [-0.25, -0.2) is 0 Å². The van der Waals surface area contributed by atoms with Crippen molar-refractivity contribution in [2.75, 3.05) is 13.1 Å². The molecule has 17 heavy (non-hydrogen) atoms. The van der Waals surface area contributed by atoms with Gasteiger partial charge in [-0.1, -0.05) is 6.92 Å². The Morgan fingerprint density at radius 1 is 1.65 bits per heavy atom. The first kappa shape index (κ1) is 12.2. The summed E-state index contributed by atoms with van der Waals surface area (Å²) in [4.78, 5) is 12.0. The van der Waals surface area contributed by atoms with Gasteiger partial charge in [-0.2, -0.15) is 0 Å². The fourth-order valence-corrected chi connectivity index (χ4v) is 2.29. The van der Waals surface area contributed by atoms with Gasteiger partial charge in [-0.05, 0) is 37.9 Å². The lowest BCUT2D eigenvalue weighted by Crippen LogP contribution is -2.37. The number of hydrogen-bond donors (Lipinski definition) is 2. The van der Waals surface area contributed by atoms with Gasteiger partial charge in [0.1, 0.15) is 5.69 Å². The first-order valence-corrected chi connectivity index (χ1v) is 6.48. The van der Waals surface area contributed by atoms with Crippen LogP contribution in [0.2, 0.25) is 0 Å². The van der Waals surface area contributed by atoms with Crippen LogP contribution in [0, 0.1) is 0 Å². The fourth-order valence-electron chi connectivity index (χ4n) is 2.29. The molecule has 0 aromatic carbocycles. The van der Waals surface area contributed by atoms with E-state index < -0.39 is 0 Å². The van der Waals surface area contributed by atoms with Crippen molar-refractivity contribution in [3.05, 3.63) is 24.0 Å². The average Bonchev–Trinajstić information content (AvgIpc) is 2.97. The molecule has 0 aliphatic carbocycles. The number of carbonyl (C=O) groups excluding carboxylic acids is 1. The van der Waals surface area contributed by atoms with Crippen molar-refractivity contribution in [3.8, 4) is 0 Å². The molecule has 2 N–H and O–H groups in total. The van der Waals surface area contributed by atoms with Crippen molar-refractivity contribution in [2.45, 2.75) is 38.8 Å². The SMILES string of the molecule is CCCn1cccc1C(=O)NCC1CCCN1. The van der Waals surface area contributed by atoms with Crippen LogP contribution in [0.5, 0.6) is 0 Å². The van der Waals surface area contributed by atoms with Crippen LogP contribution >= 0.6 is 0 Å². The first-order chi connectivity index (χ1) is 8.31. The van der Waals surface area contributed by atoms with E-state index in [1.807, 2.05) is 22.9 Å². The van der Waals surface area contributed by atoms with Gasteiger partial charge in [0.2, 0.25) is 0 Å². The monoisotopic (exact) mass is 235 g/mol. The number of aryl methyl sites for hydroxylation is 1. The minimum absolute atomic E-state index is 0.0390. The summed E-state index contributed by atoms with van der Waals surface area (Å²) in [5.41, 5.74) is 0.768. The van der Waals surface area contributed by atoms with E-state index in [1.54, 1.807) is 0 Å². The molecule has 1 aromatic rings. The summed E-state index contributed by atoms with van der Waals surface area (Å²) < 4.78 is 2.01. The Balaban J connectivity index is 1.87. The molecule has 4 heteroatoms. The smallest absolute Gasteiger partial charge is 0.267 e. The molecule has 1 aromatic heterocycles. The van der Waals surface area contributed by atoms with Crippen molar-refractivity contribution < 1.29 is 4.79 Å². The van der Waals surface area contributed by atoms with Gasteiger partial charge in [-0.3, -0.25) is 4.79 Å². The number of carbonyl (C=O) groups is 1. The van der Waals surface area contributed by atoms with Crippen LogP contribution < -0.4 is 10.6 Å². The number of aromatic nitrogens is 1. The van der Waals surface area contributed by atoms with E-state index in [1.165, 1.54) is 6.42 Å². The molecule has 0 spiro atoms. The average molecular weight is 235 g/mol. The van der Waals surface area contributed by atoms with E-state index in [4.69, 9.17) is 0 Å². The Kier molecular flexibility index (Phi) is 4.20. The molecule has 1 fully saturated rings. The summed E-state index contributed by atoms with van der Waals surface area (Å²) in [6, 6.07) is 4.26. The second-order valence-corrected chi connectivity index (χ2v) is 4.59. The molecule has 1 aliphatic heterocycles. The summed E-state index contributed by atoms with van der Waals surface area (Å²) in [5, 5.41) is 6.38. The largest absolute Gasteiger partial charge is 0.349 e. The third kappa shape index (κ3) is 3.09. The zero-order valence-corrected chi connectivity index (χ0v) is 10.4. The summed E-state index contributed by atoms with van der Waals surface area (Å²) in [7, 11) is 0. The Labute approximate surface area is 102 Å². The second kappa shape index (κ2) is 5.87. The van der Waals surface area contributed by atoms with Gasteiger partial charge in [-0.15, -0.1) is 0 Å². The lowest BCUT2D eigenvalue weighted by Gasteiger charge is -2.12. The normalized spacial score (nSPS) is 19.5. The zero-order valence-electron chi connectivity index (χ0n) is 10.4. The number of nitrogens with one attached hydrogen (secondary N) is 2. The molecule has 1 unspecified atom stereocenters. The summed E-state index contributed by atoms with van der Waals surface area (Å²) in [5.74, 6) is 0.0390. The molecular formula is C13H21N3O. The molecule has 1 saturated heterocycles. The Bertz CT molecular complexity index is 366. The maximum Gasteiger partial charge on any atom is 0.267 e. The molecule has 0 radical (unpaired) electrons. The van der Waals surface area contributed by atoms with Crippen LogP contribution in [0.1, 0.15) is 36.7 Å². The molecular weight excluding hydrogens is 214 g/mol. The number of nitrogens with zero attached hydrogens (tertiary/aromatic N) is 1. The number of amides is 1. The Morgan fingerprint density at radius 2 is 2.53 bits per heavy atom. The van der Waals surface area contributed by atoms with E-state index in [0.717, 1.165) is 38.2 Å². The maximum atomic E-state index is 12.0. The summed E-state index contributed by atoms with van der Waals surface area (Å²) in [6.07, 6.45) is 5.38. The van der Waals surface area contributed by atoms with E-state index in [2.05, 4.69) is 17.6 Å². The Morgan fingerprint density at radius 3 is 3.24 bits per heavy atom. The van der Waals surface area contributed by atoms with Gasteiger partial charge in [0.25, 0.3) is 5.91 Å². The molecule has 2 heterocycles. The third-order valence-corrected chi connectivity index (χ3v) is 3.20. The van der Waals surface area contributed by atoms with Crippen LogP contribution in [0.4, 0.5) is 0 Å². The predicted octanol–water partition coefficient (Wildman–Crippen LogP) is 1.38. The standard InChI is InChI=1S/C13H21N3O/c1-2-8-16-9-4-6-12(16)13(17)15-10-11-5-3-7-14-11/h4,6,9,11,14H,2-3,5,7-8,10H2,1H3,(H,15,17). The number of hydrogen-bond acceptors (Lipinski definition) is 2. The minimum Gasteiger partial charge on any atom is -0.349 e. The van der Waals surface area contributed by atoms with Gasteiger partial charge >= 0.3 is 0 Å². The molecule has 1 aliphatic rings. The van der Waals surface area contributed by atoms with Crippen molar-refractivity contribution in [1.82, 2.24) is 15.2 Å². The first-order valence-electron chi connectivity index (χ1n) is 6.48. The minimum atomic E-state index is 0.0390. The van der Waals surface area contributed by atoms with Gasteiger partial charge in [0.05, 0.1) is 0 Å². The molecule has 1 atom stereocenters. The van der Waals surface area contributed by atoms with Crippen LogP contribution in [-0.4, -0.2) is 29.6 Å². The van der Waals surface area contributed by atoms with E-state index in [9.17, 15) is 4.79 Å². The molecule has 0 saturated carbocycles. The maximum absolute atomic E-state index is 12.0. The van der Waals surface area contributed by atoms with Crippen LogP contribution in [0.3, 0.4) is 0 Å². The highest BCUT2D eigenvalue weighted by atomic mass is 16.1. The Hall–Kier alpha value is -1.29. The van der Waals surface area contributed by atoms with E-state index in [-0.39, 0.29) is 5.91 Å². The van der Waals surface area contributed by atoms with Crippen LogP contribution in [0.15, 0.2) is 18.3 Å².